The van der Waals surface area contributed by atoms with Crippen molar-refractivity contribution in [3.05, 3.63) is 91.6 Å². The first kappa shape index (κ1) is 30.6. The molecule has 9 heteroatoms. The molecule has 4 rings (SSSR count). The number of aromatic nitrogens is 1. The Morgan fingerprint density at radius 2 is 1.83 bits per heavy atom. The fourth-order valence-electron chi connectivity index (χ4n) is 5.93. The Kier molecular flexibility index (Phi) is 10.1. The van der Waals surface area contributed by atoms with Crippen LogP contribution < -0.4 is 20.4 Å². The number of anilines is 1. The number of nitrogens with zero attached hydrogens (tertiary/aromatic N) is 2. The number of amides is 1. The van der Waals surface area contributed by atoms with Crippen LogP contribution in [0.1, 0.15) is 65.3 Å². The minimum atomic E-state index is -0.466. The number of halogens is 2. The van der Waals surface area contributed by atoms with E-state index in [4.69, 9.17) is 16.3 Å². The molecule has 1 fully saturated rings. The van der Waals surface area contributed by atoms with Gasteiger partial charge in [0.25, 0.3) is 5.91 Å². The van der Waals surface area contributed by atoms with Gasteiger partial charge >= 0.3 is 0 Å². The first-order chi connectivity index (χ1) is 19.6. The number of aromatic amines is 1. The molecule has 2 aromatic carbocycles. The predicted octanol–water partition coefficient (Wildman–Crippen LogP) is 5.99. The quantitative estimate of drug-likeness (QED) is 0.287. The zero-order chi connectivity index (χ0) is 29.7. The van der Waals surface area contributed by atoms with E-state index in [0.29, 0.717) is 23.8 Å². The molecular weight excluding hydrogens is 543 g/mol. The monoisotopic (exact) mass is 582 g/mol. The smallest absolute Gasteiger partial charge is 0.252 e. The van der Waals surface area contributed by atoms with E-state index in [1.165, 1.54) is 23.8 Å². The molecule has 0 radical (unpaired) electrons. The average Bonchev–Trinajstić information content (AvgIpc) is 2.94. The summed E-state index contributed by atoms with van der Waals surface area (Å²) in [6.45, 7) is 7.16. The molecule has 0 atom stereocenters. The van der Waals surface area contributed by atoms with Crippen LogP contribution in [0.5, 0.6) is 5.75 Å². The topological polar surface area (TPSA) is 77.7 Å². The molecule has 1 aliphatic carbocycles. The van der Waals surface area contributed by atoms with Gasteiger partial charge in [-0.05, 0) is 88.9 Å². The lowest BCUT2D eigenvalue weighted by Crippen LogP contribution is -2.43. The van der Waals surface area contributed by atoms with E-state index in [1.807, 2.05) is 19.1 Å². The predicted molar refractivity (Wildman–Crippen MR) is 163 cm³/mol. The lowest BCUT2D eigenvalue weighted by atomic mass is 9.88. The highest BCUT2D eigenvalue weighted by atomic mass is 35.5. The molecule has 2 N–H and O–H groups in total. The summed E-state index contributed by atoms with van der Waals surface area (Å²) in [4.78, 5) is 33.0. The van der Waals surface area contributed by atoms with E-state index < -0.39 is 11.7 Å². The van der Waals surface area contributed by atoms with Crippen molar-refractivity contribution in [3.63, 3.8) is 0 Å². The van der Waals surface area contributed by atoms with E-state index in [2.05, 4.69) is 46.2 Å². The fraction of sp³-hybridized carbons (Fsp3) is 0.438. The van der Waals surface area contributed by atoms with E-state index >= 15 is 0 Å². The number of benzene rings is 2. The van der Waals surface area contributed by atoms with Crippen LogP contribution in [-0.4, -0.2) is 48.6 Å². The molecule has 1 aliphatic rings. The minimum Gasteiger partial charge on any atom is -0.497 e. The molecule has 0 unspecified atom stereocenters. The summed E-state index contributed by atoms with van der Waals surface area (Å²) in [5, 5.41) is 2.94. The van der Waals surface area contributed by atoms with Crippen molar-refractivity contribution in [3.8, 4) is 5.75 Å². The van der Waals surface area contributed by atoms with Crippen molar-refractivity contribution in [1.29, 1.82) is 0 Å². The van der Waals surface area contributed by atoms with Crippen LogP contribution in [-0.2, 0) is 13.1 Å². The molecular formula is C32H40ClFN4O3. The van der Waals surface area contributed by atoms with Crippen LogP contribution >= 0.6 is 11.6 Å². The second-order valence-electron chi connectivity index (χ2n) is 10.9. The lowest BCUT2D eigenvalue weighted by molar-refractivity contribution is 0.0949. The second kappa shape index (κ2) is 13.5. The number of H-pyrrole nitrogens is 1. The zero-order valence-electron chi connectivity index (χ0n) is 24.5. The Bertz CT molecular complexity index is 1430. The van der Waals surface area contributed by atoms with E-state index in [-0.39, 0.29) is 34.3 Å². The number of pyridine rings is 1. The van der Waals surface area contributed by atoms with Gasteiger partial charge in [0, 0.05) is 54.7 Å². The summed E-state index contributed by atoms with van der Waals surface area (Å²) in [6.07, 6.45) is 4.03. The van der Waals surface area contributed by atoms with Crippen LogP contribution in [0.25, 0.3) is 0 Å². The standard InChI is InChI=1S/C32H40ClFN4O3/c1-6-38(25-12-10-24(11-13-25)37(4)19-22-8-7-9-26(15-22)41-5)29-17-23(34)16-27(21(29)3)32(40)35-18-28-30(39)14-20(2)36-31(28)33/h7-9,14-17,24-25H,6,10-13,18-19H2,1-5H3,(H,35,40)(H,36,39)/t24-,25-. The van der Waals surface area contributed by atoms with Crippen LogP contribution in [0, 0.1) is 19.7 Å². The number of ether oxygens (including phenoxy) is 1. The van der Waals surface area contributed by atoms with E-state index in [9.17, 15) is 14.0 Å². The third-order valence-corrected chi connectivity index (χ3v) is 8.50. The molecule has 1 amide bonds. The summed E-state index contributed by atoms with van der Waals surface area (Å²) in [6, 6.07) is 13.1. The fourth-order valence-corrected chi connectivity index (χ4v) is 6.24. The van der Waals surface area contributed by atoms with Gasteiger partial charge in [-0.3, -0.25) is 14.5 Å². The van der Waals surface area contributed by atoms with Gasteiger partial charge in [0.2, 0.25) is 0 Å². The molecule has 0 spiro atoms. The Labute approximate surface area is 246 Å². The number of rotatable bonds is 10. The summed E-state index contributed by atoms with van der Waals surface area (Å²) in [5.74, 6) is -0.0466. The van der Waals surface area contributed by atoms with Gasteiger partial charge in [0.15, 0.2) is 5.43 Å². The average molecular weight is 583 g/mol. The van der Waals surface area contributed by atoms with Crippen LogP contribution in [0.3, 0.4) is 0 Å². The maximum atomic E-state index is 14.9. The van der Waals surface area contributed by atoms with Gasteiger partial charge in [-0.25, -0.2) is 4.39 Å². The van der Waals surface area contributed by atoms with Crippen molar-refractivity contribution < 1.29 is 13.9 Å². The molecule has 1 saturated carbocycles. The zero-order valence-corrected chi connectivity index (χ0v) is 25.3. The molecule has 220 valence electrons. The Hall–Kier alpha value is -3.36. The van der Waals surface area contributed by atoms with Gasteiger partial charge in [0.05, 0.1) is 12.7 Å². The molecule has 3 aromatic rings. The van der Waals surface area contributed by atoms with Crippen LogP contribution in [0.15, 0.2) is 47.3 Å². The Balaban J connectivity index is 1.44. The second-order valence-corrected chi connectivity index (χ2v) is 11.3. The van der Waals surface area contributed by atoms with Gasteiger partial charge in [-0.2, -0.15) is 0 Å². The maximum absolute atomic E-state index is 14.9. The van der Waals surface area contributed by atoms with E-state index in [1.54, 1.807) is 14.0 Å². The Morgan fingerprint density at radius 1 is 1.12 bits per heavy atom. The Morgan fingerprint density at radius 3 is 2.49 bits per heavy atom. The van der Waals surface area contributed by atoms with Crippen molar-refractivity contribution in [2.24, 2.45) is 0 Å². The third-order valence-electron chi connectivity index (χ3n) is 8.18. The van der Waals surface area contributed by atoms with Crippen molar-refractivity contribution >= 4 is 23.2 Å². The summed E-state index contributed by atoms with van der Waals surface area (Å²) < 4.78 is 20.3. The van der Waals surface area contributed by atoms with E-state index in [0.717, 1.165) is 43.7 Å². The van der Waals surface area contributed by atoms with Gasteiger partial charge < -0.3 is 19.9 Å². The number of carbonyl (C=O) groups is 1. The highest BCUT2D eigenvalue weighted by molar-refractivity contribution is 6.30. The third kappa shape index (κ3) is 7.29. The summed E-state index contributed by atoms with van der Waals surface area (Å²) >= 11 is 6.19. The normalized spacial score (nSPS) is 17.0. The van der Waals surface area contributed by atoms with Crippen molar-refractivity contribution in [2.45, 2.75) is 71.6 Å². The van der Waals surface area contributed by atoms with Crippen molar-refractivity contribution in [2.75, 3.05) is 25.6 Å². The summed E-state index contributed by atoms with van der Waals surface area (Å²) in [7, 11) is 3.85. The number of methoxy groups -OCH3 is 1. The molecule has 0 aliphatic heterocycles. The van der Waals surface area contributed by atoms with Crippen molar-refractivity contribution in [1.82, 2.24) is 15.2 Å². The minimum absolute atomic E-state index is 0.0522. The number of nitrogens with one attached hydrogen (secondary N) is 2. The van der Waals surface area contributed by atoms with Gasteiger partial charge in [0.1, 0.15) is 16.7 Å². The number of aryl methyl sites for hydroxylation is 1. The lowest BCUT2D eigenvalue weighted by Gasteiger charge is -2.41. The molecule has 0 bridgehead atoms. The largest absolute Gasteiger partial charge is 0.497 e. The first-order valence-electron chi connectivity index (χ1n) is 14.2. The number of hydrogen-bond donors (Lipinski definition) is 2. The molecule has 1 aromatic heterocycles. The molecule has 7 nitrogen and oxygen atoms in total. The van der Waals surface area contributed by atoms with Gasteiger partial charge in [-0.15, -0.1) is 0 Å². The van der Waals surface area contributed by atoms with Crippen LogP contribution in [0.2, 0.25) is 5.15 Å². The number of carbonyl (C=O) groups excluding carboxylic acids is 1. The first-order valence-corrected chi connectivity index (χ1v) is 14.6. The van der Waals surface area contributed by atoms with Crippen LogP contribution in [0.4, 0.5) is 10.1 Å². The molecule has 1 heterocycles. The highest BCUT2D eigenvalue weighted by Crippen LogP contribution is 2.33. The summed E-state index contributed by atoms with van der Waals surface area (Å²) in [5.41, 5.74) is 3.57. The highest BCUT2D eigenvalue weighted by Gasteiger charge is 2.29. The molecule has 0 saturated heterocycles. The maximum Gasteiger partial charge on any atom is 0.252 e. The number of hydrogen-bond acceptors (Lipinski definition) is 5. The van der Waals surface area contributed by atoms with Gasteiger partial charge in [-0.1, -0.05) is 23.7 Å². The molecule has 41 heavy (non-hydrogen) atoms. The SMILES string of the molecule is CCN(c1cc(F)cc(C(=O)NCc2c(Cl)[nH]c(C)cc2=O)c1C)[C@H]1CC[C@H](N(C)Cc2cccc(OC)c2)CC1.